The van der Waals surface area contributed by atoms with Crippen molar-refractivity contribution in [1.82, 2.24) is 10.1 Å². The number of rotatable bonds is 5. The number of nitrogens with zero attached hydrogens (tertiary/aromatic N) is 2. The topological polar surface area (TPSA) is 57.4 Å². The van der Waals surface area contributed by atoms with Crippen LogP contribution in [-0.2, 0) is 6.61 Å². The average Bonchev–Trinajstić information content (AvgIpc) is 3.02. The zero-order valence-corrected chi connectivity index (χ0v) is 13.6. The van der Waals surface area contributed by atoms with Crippen LogP contribution >= 0.6 is 23.2 Å². The van der Waals surface area contributed by atoms with Gasteiger partial charge in [0, 0.05) is 5.02 Å². The molecule has 0 N–H and O–H groups in total. The van der Waals surface area contributed by atoms with Crippen molar-refractivity contribution in [3.63, 3.8) is 0 Å². The summed E-state index contributed by atoms with van der Waals surface area (Å²) in [6.45, 7) is 0.182. The number of methoxy groups -OCH3 is 1. The summed E-state index contributed by atoms with van der Waals surface area (Å²) in [5.41, 5.74) is 0.624. The van der Waals surface area contributed by atoms with Gasteiger partial charge in [0.05, 0.1) is 17.7 Å². The van der Waals surface area contributed by atoms with Crippen molar-refractivity contribution < 1.29 is 14.0 Å². The van der Waals surface area contributed by atoms with Gasteiger partial charge in [-0.05, 0) is 42.5 Å². The van der Waals surface area contributed by atoms with E-state index >= 15 is 0 Å². The number of halogens is 2. The highest BCUT2D eigenvalue weighted by Crippen LogP contribution is 2.29. The summed E-state index contributed by atoms with van der Waals surface area (Å²) in [5, 5.41) is 4.87. The van der Waals surface area contributed by atoms with Gasteiger partial charge in [0.25, 0.3) is 5.89 Å². The third-order valence-electron chi connectivity index (χ3n) is 3.06. The molecule has 0 fully saturated rings. The lowest BCUT2D eigenvalue weighted by Crippen LogP contribution is -1.97. The van der Waals surface area contributed by atoms with Gasteiger partial charge < -0.3 is 14.0 Å². The van der Waals surface area contributed by atoms with E-state index in [1.807, 2.05) is 12.1 Å². The van der Waals surface area contributed by atoms with Gasteiger partial charge in [0.2, 0.25) is 5.82 Å². The Morgan fingerprint density at radius 3 is 2.48 bits per heavy atom. The maximum Gasteiger partial charge on any atom is 0.259 e. The second-order valence-corrected chi connectivity index (χ2v) is 5.45. The van der Waals surface area contributed by atoms with E-state index in [0.717, 1.165) is 5.75 Å². The van der Waals surface area contributed by atoms with Gasteiger partial charge in [-0.25, -0.2) is 0 Å². The molecule has 2 aromatic carbocycles. The highest BCUT2D eigenvalue weighted by molar-refractivity contribution is 6.36. The molecule has 0 radical (unpaired) electrons. The minimum absolute atomic E-state index is 0.182. The van der Waals surface area contributed by atoms with Crippen LogP contribution in [0.25, 0.3) is 11.5 Å². The Balaban J connectivity index is 1.69. The van der Waals surface area contributed by atoms with Crippen molar-refractivity contribution in [1.29, 1.82) is 0 Å². The number of ether oxygens (including phenoxy) is 2. The molecule has 0 aliphatic carbocycles. The summed E-state index contributed by atoms with van der Waals surface area (Å²) in [4.78, 5) is 4.26. The fourth-order valence-corrected chi connectivity index (χ4v) is 2.39. The molecule has 0 saturated carbocycles. The average molecular weight is 351 g/mol. The first-order valence-electron chi connectivity index (χ1n) is 6.70. The fraction of sp³-hybridized carbons (Fsp3) is 0.125. The highest BCUT2D eigenvalue weighted by atomic mass is 35.5. The van der Waals surface area contributed by atoms with Crippen LogP contribution in [0.3, 0.4) is 0 Å². The van der Waals surface area contributed by atoms with E-state index in [1.165, 1.54) is 0 Å². The Morgan fingerprint density at radius 1 is 1.04 bits per heavy atom. The van der Waals surface area contributed by atoms with Crippen LogP contribution in [0.5, 0.6) is 11.5 Å². The number of aromatic nitrogens is 2. The lowest BCUT2D eigenvalue weighted by atomic mass is 10.2. The van der Waals surface area contributed by atoms with Crippen LogP contribution in [-0.4, -0.2) is 17.3 Å². The number of benzene rings is 2. The highest BCUT2D eigenvalue weighted by Gasteiger charge is 2.13. The molecule has 0 aliphatic rings. The van der Waals surface area contributed by atoms with E-state index in [9.17, 15) is 0 Å². The molecule has 5 nitrogen and oxygen atoms in total. The molecule has 118 valence electrons. The Morgan fingerprint density at radius 2 is 1.78 bits per heavy atom. The van der Waals surface area contributed by atoms with Crippen LogP contribution in [0.2, 0.25) is 10.0 Å². The van der Waals surface area contributed by atoms with Crippen molar-refractivity contribution in [2.45, 2.75) is 6.61 Å². The molecule has 7 heteroatoms. The lowest BCUT2D eigenvalue weighted by molar-refractivity contribution is 0.286. The van der Waals surface area contributed by atoms with Gasteiger partial charge >= 0.3 is 0 Å². The van der Waals surface area contributed by atoms with Gasteiger partial charge in [0.1, 0.15) is 11.5 Å². The van der Waals surface area contributed by atoms with Gasteiger partial charge in [-0.3, -0.25) is 0 Å². The first-order valence-corrected chi connectivity index (χ1v) is 7.46. The lowest BCUT2D eigenvalue weighted by Gasteiger charge is -2.04. The summed E-state index contributed by atoms with van der Waals surface area (Å²) in [5.74, 6) is 2.18. The predicted octanol–water partition coefficient (Wildman–Crippen LogP) is 4.63. The largest absolute Gasteiger partial charge is 0.497 e. The summed E-state index contributed by atoms with van der Waals surface area (Å²) in [7, 11) is 1.61. The quantitative estimate of drug-likeness (QED) is 0.671. The minimum atomic E-state index is 0.182. The SMILES string of the molecule is COc1ccc(OCc2noc(-c3ccc(Cl)cc3Cl)n2)cc1. The van der Waals surface area contributed by atoms with E-state index in [2.05, 4.69) is 10.1 Å². The molecular weight excluding hydrogens is 339 g/mol. The van der Waals surface area contributed by atoms with Crippen molar-refractivity contribution in [3.05, 3.63) is 58.3 Å². The summed E-state index contributed by atoms with van der Waals surface area (Å²) in [6, 6.07) is 12.3. The van der Waals surface area contributed by atoms with Crippen molar-refractivity contribution >= 4 is 23.2 Å². The molecule has 23 heavy (non-hydrogen) atoms. The van der Waals surface area contributed by atoms with Crippen molar-refractivity contribution in [2.75, 3.05) is 7.11 Å². The predicted molar refractivity (Wildman–Crippen MR) is 87.1 cm³/mol. The second kappa shape index (κ2) is 6.89. The molecule has 0 bridgehead atoms. The molecule has 0 saturated heterocycles. The monoisotopic (exact) mass is 350 g/mol. The molecule has 1 heterocycles. The molecular formula is C16H12Cl2N2O3. The van der Waals surface area contributed by atoms with Gasteiger partial charge in [-0.1, -0.05) is 28.4 Å². The van der Waals surface area contributed by atoms with E-state index in [4.69, 9.17) is 37.2 Å². The third kappa shape index (κ3) is 3.75. The van der Waals surface area contributed by atoms with Gasteiger partial charge in [-0.15, -0.1) is 0 Å². The summed E-state index contributed by atoms with van der Waals surface area (Å²) in [6.07, 6.45) is 0. The zero-order valence-electron chi connectivity index (χ0n) is 12.1. The van der Waals surface area contributed by atoms with Crippen LogP contribution in [0, 0.1) is 0 Å². The third-order valence-corrected chi connectivity index (χ3v) is 3.60. The van der Waals surface area contributed by atoms with Crippen molar-refractivity contribution in [3.8, 4) is 23.0 Å². The Kier molecular flexibility index (Phi) is 4.69. The van der Waals surface area contributed by atoms with Crippen LogP contribution in [0.4, 0.5) is 0 Å². The van der Waals surface area contributed by atoms with E-state index in [-0.39, 0.29) is 6.61 Å². The molecule has 3 aromatic rings. The fourth-order valence-electron chi connectivity index (χ4n) is 1.90. The number of hydrogen-bond acceptors (Lipinski definition) is 5. The standard InChI is InChI=1S/C16H12Cl2N2O3/c1-21-11-3-5-12(6-4-11)22-9-15-19-16(23-20-15)13-7-2-10(17)8-14(13)18/h2-8H,9H2,1H3. The molecule has 1 aromatic heterocycles. The molecule has 0 aliphatic heterocycles. The number of hydrogen-bond donors (Lipinski definition) is 0. The minimum Gasteiger partial charge on any atom is -0.497 e. The Bertz CT molecular complexity index is 803. The molecule has 0 atom stereocenters. The van der Waals surface area contributed by atoms with Gasteiger partial charge in [-0.2, -0.15) is 4.98 Å². The van der Waals surface area contributed by atoms with Crippen molar-refractivity contribution in [2.24, 2.45) is 0 Å². The zero-order chi connectivity index (χ0) is 16.2. The van der Waals surface area contributed by atoms with E-state index in [0.29, 0.717) is 33.1 Å². The molecule has 3 rings (SSSR count). The van der Waals surface area contributed by atoms with E-state index < -0.39 is 0 Å². The van der Waals surface area contributed by atoms with Crippen LogP contribution in [0.1, 0.15) is 5.82 Å². The van der Waals surface area contributed by atoms with Crippen LogP contribution < -0.4 is 9.47 Å². The maximum atomic E-state index is 6.12. The van der Waals surface area contributed by atoms with E-state index in [1.54, 1.807) is 37.4 Å². The molecule has 0 unspecified atom stereocenters. The maximum absolute atomic E-state index is 6.12. The Hall–Kier alpha value is -2.24. The van der Waals surface area contributed by atoms with Crippen LogP contribution in [0.15, 0.2) is 47.0 Å². The normalized spacial score (nSPS) is 10.6. The Labute approximate surface area is 142 Å². The summed E-state index contributed by atoms with van der Waals surface area (Å²) < 4.78 is 15.9. The summed E-state index contributed by atoms with van der Waals surface area (Å²) >= 11 is 12.0. The molecule has 0 spiro atoms. The first kappa shape index (κ1) is 15.6. The molecule has 0 amide bonds. The smallest absolute Gasteiger partial charge is 0.259 e. The van der Waals surface area contributed by atoms with Gasteiger partial charge in [0.15, 0.2) is 6.61 Å². The second-order valence-electron chi connectivity index (χ2n) is 4.60. The first-order chi connectivity index (χ1) is 11.2.